The maximum atomic E-state index is 13.8. The summed E-state index contributed by atoms with van der Waals surface area (Å²) in [6, 6.07) is 7.51. The largest absolute Gasteiger partial charge is 0.310 e. The van der Waals surface area contributed by atoms with Crippen LogP contribution in [0.1, 0.15) is 30.5 Å². The average Bonchev–Trinajstić information content (AvgIpc) is 2.46. The van der Waals surface area contributed by atoms with E-state index in [0.717, 1.165) is 24.6 Å². The van der Waals surface area contributed by atoms with E-state index in [9.17, 15) is 8.78 Å². The van der Waals surface area contributed by atoms with Gasteiger partial charge in [-0.15, -0.1) is 0 Å². The highest BCUT2D eigenvalue weighted by atomic mass is 19.1. The fourth-order valence-electron chi connectivity index (χ4n) is 2.12. The molecule has 1 N–H and O–H groups in total. The fourth-order valence-corrected chi connectivity index (χ4v) is 2.12. The number of nitrogens with one attached hydrogen (secondary N) is 1. The smallest absolute Gasteiger partial charge is 0.129 e. The van der Waals surface area contributed by atoms with Crippen molar-refractivity contribution in [3.63, 3.8) is 0 Å². The molecule has 2 nitrogen and oxygen atoms in total. The van der Waals surface area contributed by atoms with E-state index in [0.29, 0.717) is 12.0 Å². The van der Waals surface area contributed by atoms with Gasteiger partial charge < -0.3 is 5.32 Å². The van der Waals surface area contributed by atoms with Crippen molar-refractivity contribution in [2.45, 2.75) is 25.8 Å². The summed E-state index contributed by atoms with van der Waals surface area (Å²) < 4.78 is 26.7. The van der Waals surface area contributed by atoms with Crippen LogP contribution < -0.4 is 5.32 Å². The minimum Gasteiger partial charge on any atom is -0.310 e. The summed E-state index contributed by atoms with van der Waals surface area (Å²) in [7, 11) is 0. The van der Waals surface area contributed by atoms with Gasteiger partial charge in [0.05, 0.1) is 0 Å². The van der Waals surface area contributed by atoms with Gasteiger partial charge in [-0.25, -0.2) is 8.78 Å². The van der Waals surface area contributed by atoms with Crippen LogP contribution in [-0.2, 0) is 6.42 Å². The van der Waals surface area contributed by atoms with Crippen LogP contribution in [0.25, 0.3) is 0 Å². The number of benzene rings is 1. The van der Waals surface area contributed by atoms with Crippen molar-refractivity contribution in [1.29, 1.82) is 0 Å². The van der Waals surface area contributed by atoms with Crippen LogP contribution in [0.15, 0.2) is 42.7 Å². The number of hydrogen-bond donors (Lipinski definition) is 1. The van der Waals surface area contributed by atoms with E-state index in [2.05, 4.69) is 17.2 Å². The molecule has 0 aliphatic carbocycles. The Morgan fingerprint density at radius 3 is 2.75 bits per heavy atom. The highest BCUT2D eigenvalue weighted by Gasteiger charge is 2.14. The van der Waals surface area contributed by atoms with E-state index in [4.69, 9.17) is 0 Å². The van der Waals surface area contributed by atoms with E-state index in [1.807, 2.05) is 12.1 Å². The second kappa shape index (κ2) is 7.10. The third-order valence-corrected chi connectivity index (χ3v) is 3.17. The van der Waals surface area contributed by atoms with Crippen molar-refractivity contribution in [2.24, 2.45) is 0 Å². The molecule has 106 valence electrons. The number of rotatable bonds is 6. The number of halogens is 2. The molecule has 4 heteroatoms. The second-order valence-corrected chi connectivity index (χ2v) is 4.73. The van der Waals surface area contributed by atoms with Gasteiger partial charge in [-0.05, 0) is 42.6 Å². The fraction of sp³-hybridized carbons (Fsp3) is 0.312. The molecule has 1 unspecified atom stereocenters. The first-order valence-corrected chi connectivity index (χ1v) is 6.78. The number of aromatic nitrogens is 1. The molecule has 0 aliphatic heterocycles. The van der Waals surface area contributed by atoms with Crippen molar-refractivity contribution in [1.82, 2.24) is 10.3 Å². The van der Waals surface area contributed by atoms with Crippen LogP contribution in [-0.4, -0.2) is 11.5 Å². The summed E-state index contributed by atoms with van der Waals surface area (Å²) >= 11 is 0. The predicted octanol–water partition coefficient (Wildman–Crippen LogP) is 3.64. The van der Waals surface area contributed by atoms with Crippen LogP contribution in [0.4, 0.5) is 8.78 Å². The van der Waals surface area contributed by atoms with Gasteiger partial charge in [0.15, 0.2) is 0 Å². The Kier molecular flexibility index (Phi) is 5.18. The van der Waals surface area contributed by atoms with Gasteiger partial charge in [0, 0.05) is 24.5 Å². The molecule has 2 aromatic rings. The summed E-state index contributed by atoms with van der Waals surface area (Å²) in [4.78, 5) is 4.10. The molecule has 1 aromatic carbocycles. The van der Waals surface area contributed by atoms with Gasteiger partial charge >= 0.3 is 0 Å². The van der Waals surface area contributed by atoms with E-state index < -0.39 is 11.6 Å². The van der Waals surface area contributed by atoms with E-state index >= 15 is 0 Å². The van der Waals surface area contributed by atoms with Crippen LogP contribution in [0, 0.1) is 11.6 Å². The van der Waals surface area contributed by atoms with Gasteiger partial charge in [-0.1, -0.05) is 19.1 Å². The minimum absolute atomic E-state index is 0.0244. The zero-order valence-electron chi connectivity index (χ0n) is 11.4. The first-order valence-electron chi connectivity index (χ1n) is 6.78. The normalized spacial score (nSPS) is 12.3. The third-order valence-electron chi connectivity index (χ3n) is 3.17. The van der Waals surface area contributed by atoms with Crippen LogP contribution in [0.2, 0.25) is 0 Å². The Hall–Kier alpha value is -1.81. The maximum Gasteiger partial charge on any atom is 0.129 e. The first kappa shape index (κ1) is 14.6. The van der Waals surface area contributed by atoms with Crippen molar-refractivity contribution in [3.05, 3.63) is 65.5 Å². The zero-order valence-corrected chi connectivity index (χ0v) is 11.4. The molecule has 0 bridgehead atoms. The molecule has 0 aliphatic rings. The van der Waals surface area contributed by atoms with Crippen molar-refractivity contribution in [2.75, 3.05) is 6.54 Å². The molecule has 1 aromatic heterocycles. The summed E-state index contributed by atoms with van der Waals surface area (Å²) in [6.45, 7) is 2.91. The van der Waals surface area contributed by atoms with Crippen molar-refractivity contribution < 1.29 is 8.78 Å². The molecule has 0 saturated carbocycles. The topological polar surface area (TPSA) is 24.9 Å². The zero-order chi connectivity index (χ0) is 14.4. The van der Waals surface area contributed by atoms with Crippen LogP contribution in [0.5, 0.6) is 0 Å². The lowest BCUT2D eigenvalue weighted by Crippen LogP contribution is -2.24. The first-order chi connectivity index (χ1) is 9.70. The number of hydrogen-bond acceptors (Lipinski definition) is 2. The molecular weight excluding hydrogens is 258 g/mol. The van der Waals surface area contributed by atoms with Gasteiger partial charge in [-0.2, -0.15) is 0 Å². The lowest BCUT2D eigenvalue weighted by Gasteiger charge is -2.19. The highest BCUT2D eigenvalue weighted by Crippen LogP contribution is 2.20. The maximum absolute atomic E-state index is 13.8. The van der Waals surface area contributed by atoms with Gasteiger partial charge in [-0.3, -0.25) is 4.98 Å². The summed E-state index contributed by atoms with van der Waals surface area (Å²) in [6.07, 6.45) is 4.94. The minimum atomic E-state index is -0.550. The molecule has 1 heterocycles. The monoisotopic (exact) mass is 276 g/mol. The Bertz CT molecular complexity index is 543. The van der Waals surface area contributed by atoms with Crippen molar-refractivity contribution >= 4 is 0 Å². The molecule has 0 radical (unpaired) electrons. The molecule has 0 spiro atoms. The van der Waals surface area contributed by atoms with Gasteiger partial charge in [0.25, 0.3) is 0 Å². The van der Waals surface area contributed by atoms with E-state index in [1.54, 1.807) is 12.4 Å². The van der Waals surface area contributed by atoms with Crippen molar-refractivity contribution in [3.8, 4) is 0 Å². The quantitative estimate of drug-likeness (QED) is 0.871. The number of pyridine rings is 1. The lowest BCUT2D eigenvalue weighted by molar-refractivity contribution is 0.507. The standard InChI is InChI=1S/C16H18F2N2/c1-2-7-20-16(13-4-3-8-19-11-13)9-12-5-6-14(17)10-15(12)18/h3-6,8,10-11,16,20H,2,7,9H2,1H3. The molecule has 2 rings (SSSR count). The second-order valence-electron chi connectivity index (χ2n) is 4.73. The molecule has 0 saturated heterocycles. The lowest BCUT2D eigenvalue weighted by atomic mass is 9.99. The Morgan fingerprint density at radius 2 is 2.10 bits per heavy atom. The van der Waals surface area contributed by atoms with Crippen LogP contribution in [0.3, 0.4) is 0 Å². The Morgan fingerprint density at radius 1 is 1.25 bits per heavy atom. The van der Waals surface area contributed by atoms with Gasteiger partial charge in [0.2, 0.25) is 0 Å². The molecule has 0 amide bonds. The summed E-state index contributed by atoms with van der Waals surface area (Å²) in [5.74, 6) is -1.05. The Labute approximate surface area is 117 Å². The predicted molar refractivity (Wildman–Crippen MR) is 75.3 cm³/mol. The van der Waals surface area contributed by atoms with E-state index in [-0.39, 0.29) is 6.04 Å². The number of nitrogens with zero attached hydrogens (tertiary/aromatic N) is 1. The SMILES string of the molecule is CCCNC(Cc1ccc(F)cc1F)c1cccnc1. The van der Waals surface area contributed by atoms with Crippen LogP contribution >= 0.6 is 0 Å². The highest BCUT2D eigenvalue weighted by molar-refractivity contribution is 5.23. The summed E-state index contributed by atoms with van der Waals surface area (Å²) in [5.41, 5.74) is 1.51. The van der Waals surface area contributed by atoms with E-state index in [1.165, 1.54) is 12.1 Å². The molecule has 1 atom stereocenters. The Balaban J connectivity index is 2.19. The van der Waals surface area contributed by atoms with Gasteiger partial charge in [0.1, 0.15) is 11.6 Å². The molecular formula is C16H18F2N2. The third kappa shape index (κ3) is 3.84. The molecule has 20 heavy (non-hydrogen) atoms. The molecule has 0 fully saturated rings. The summed E-state index contributed by atoms with van der Waals surface area (Å²) in [5, 5.41) is 3.38. The average molecular weight is 276 g/mol.